The van der Waals surface area contributed by atoms with E-state index >= 15 is 0 Å². The summed E-state index contributed by atoms with van der Waals surface area (Å²) in [5.41, 5.74) is 1.31. The molecule has 1 unspecified atom stereocenters. The van der Waals surface area contributed by atoms with Gasteiger partial charge in [-0.3, -0.25) is 4.98 Å². The van der Waals surface area contributed by atoms with Crippen LogP contribution in [0.3, 0.4) is 0 Å². The second-order valence-corrected chi connectivity index (χ2v) is 5.26. The highest BCUT2D eigenvalue weighted by Crippen LogP contribution is 2.25. The summed E-state index contributed by atoms with van der Waals surface area (Å²) < 4.78 is 13.9. The molecule has 0 aliphatic rings. The molecule has 0 radical (unpaired) electrons. The first-order chi connectivity index (χ1) is 9.61. The lowest BCUT2D eigenvalue weighted by molar-refractivity contribution is 0.518. The predicted octanol–water partition coefficient (Wildman–Crippen LogP) is 4.42. The zero-order valence-corrected chi connectivity index (χ0v) is 12.5. The van der Waals surface area contributed by atoms with E-state index in [9.17, 15) is 4.39 Å². The lowest BCUT2D eigenvalue weighted by atomic mass is 10.0. The summed E-state index contributed by atoms with van der Waals surface area (Å²) >= 11 is 11.9. The number of likely N-dealkylation sites (N-methyl/N-ethyl adjacent to an activating group) is 1. The summed E-state index contributed by atoms with van der Waals surface area (Å²) in [6.45, 7) is 2.73. The summed E-state index contributed by atoms with van der Waals surface area (Å²) in [6, 6.07) is 8.12. The third-order valence-electron chi connectivity index (χ3n) is 3.01. The second-order valence-electron chi connectivity index (χ2n) is 4.42. The third kappa shape index (κ3) is 3.69. The van der Waals surface area contributed by atoms with Crippen molar-refractivity contribution in [3.63, 3.8) is 0 Å². The van der Waals surface area contributed by atoms with E-state index in [0.29, 0.717) is 22.0 Å². The molecule has 20 heavy (non-hydrogen) atoms. The number of nitrogens with one attached hydrogen (secondary N) is 1. The zero-order chi connectivity index (χ0) is 14.5. The van der Waals surface area contributed by atoms with Crippen LogP contribution in [-0.4, -0.2) is 11.5 Å². The Labute approximate surface area is 127 Å². The van der Waals surface area contributed by atoms with Gasteiger partial charge in [0.25, 0.3) is 0 Å². The largest absolute Gasteiger partial charge is 0.309 e. The highest BCUT2D eigenvalue weighted by atomic mass is 35.5. The van der Waals surface area contributed by atoms with E-state index in [1.165, 1.54) is 6.07 Å². The number of nitrogens with zero attached hydrogens (tertiary/aromatic N) is 1. The average molecular weight is 313 g/mol. The minimum Gasteiger partial charge on any atom is -0.309 e. The molecule has 2 rings (SSSR count). The molecule has 2 aromatic rings. The number of rotatable bonds is 5. The Morgan fingerprint density at radius 3 is 2.75 bits per heavy atom. The second kappa shape index (κ2) is 7.02. The van der Waals surface area contributed by atoms with Gasteiger partial charge in [0, 0.05) is 11.2 Å². The van der Waals surface area contributed by atoms with Gasteiger partial charge < -0.3 is 5.32 Å². The Hall–Kier alpha value is -1.16. The van der Waals surface area contributed by atoms with Crippen LogP contribution in [0.25, 0.3) is 0 Å². The normalized spacial score (nSPS) is 12.4. The Morgan fingerprint density at radius 2 is 2.10 bits per heavy atom. The van der Waals surface area contributed by atoms with Crippen molar-refractivity contribution in [2.75, 3.05) is 6.54 Å². The van der Waals surface area contributed by atoms with Crippen LogP contribution in [0.4, 0.5) is 4.39 Å². The van der Waals surface area contributed by atoms with Gasteiger partial charge in [0.05, 0.1) is 16.8 Å². The molecule has 1 atom stereocenters. The van der Waals surface area contributed by atoms with Crippen LogP contribution in [0.1, 0.15) is 24.2 Å². The minimum absolute atomic E-state index is 0.135. The Bertz CT molecular complexity index is 590. The summed E-state index contributed by atoms with van der Waals surface area (Å²) in [7, 11) is 0. The van der Waals surface area contributed by atoms with Crippen LogP contribution in [0.2, 0.25) is 10.0 Å². The minimum atomic E-state index is -0.313. The van der Waals surface area contributed by atoms with Gasteiger partial charge in [-0.25, -0.2) is 4.39 Å². The van der Waals surface area contributed by atoms with Crippen LogP contribution in [-0.2, 0) is 6.42 Å². The van der Waals surface area contributed by atoms with Crippen molar-refractivity contribution in [3.8, 4) is 0 Å². The van der Waals surface area contributed by atoms with Gasteiger partial charge in [-0.1, -0.05) is 36.2 Å². The molecule has 106 valence electrons. The van der Waals surface area contributed by atoms with Crippen LogP contribution in [0, 0.1) is 5.82 Å². The van der Waals surface area contributed by atoms with Crippen LogP contribution >= 0.6 is 23.2 Å². The fourth-order valence-corrected chi connectivity index (χ4v) is 2.49. The zero-order valence-electron chi connectivity index (χ0n) is 11.0. The molecule has 0 fully saturated rings. The fraction of sp³-hybridized carbons (Fsp3) is 0.267. The Balaban J connectivity index is 2.28. The molecule has 0 aliphatic heterocycles. The number of aromatic nitrogens is 1. The molecule has 0 saturated heterocycles. The number of hydrogen-bond donors (Lipinski definition) is 1. The maximum atomic E-state index is 13.9. The van der Waals surface area contributed by atoms with Gasteiger partial charge in [0.15, 0.2) is 0 Å². The average Bonchev–Trinajstić information content (AvgIpc) is 2.42. The van der Waals surface area contributed by atoms with Crippen molar-refractivity contribution in [1.82, 2.24) is 10.3 Å². The first-order valence-electron chi connectivity index (χ1n) is 6.39. The van der Waals surface area contributed by atoms with Crippen LogP contribution in [0.15, 0.2) is 36.5 Å². The number of halogens is 3. The summed E-state index contributed by atoms with van der Waals surface area (Å²) in [5.74, 6) is -0.313. The first-order valence-corrected chi connectivity index (χ1v) is 7.15. The van der Waals surface area contributed by atoms with E-state index in [4.69, 9.17) is 23.2 Å². The maximum absolute atomic E-state index is 13.9. The molecule has 0 spiro atoms. The summed E-state index contributed by atoms with van der Waals surface area (Å²) in [4.78, 5) is 4.30. The molecular weight excluding hydrogens is 298 g/mol. The molecule has 0 saturated carbocycles. The quantitative estimate of drug-likeness (QED) is 0.884. The van der Waals surface area contributed by atoms with E-state index in [1.807, 2.05) is 6.92 Å². The van der Waals surface area contributed by atoms with E-state index in [-0.39, 0.29) is 11.9 Å². The molecule has 0 aliphatic carbocycles. The summed E-state index contributed by atoms with van der Waals surface area (Å²) in [5, 5.41) is 4.25. The van der Waals surface area contributed by atoms with Gasteiger partial charge in [-0.2, -0.15) is 0 Å². The number of hydrogen-bond acceptors (Lipinski definition) is 2. The van der Waals surface area contributed by atoms with Crippen LogP contribution < -0.4 is 5.32 Å². The van der Waals surface area contributed by atoms with E-state index in [1.54, 1.807) is 30.5 Å². The monoisotopic (exact) mass is 312 g/mol. The molecule has 1 aromatic heterocycles. The third-order valence-corrected chi connectivity index (χ3v) is 3.56. The van der Waals surface area contributed by atoms with Gasteiger partial charge in [0.2, 0.25) is 0 Å². The molecule has 2 nitrogen and oxygen atoms in total. The van der Waals surface area contributed by atoms with Gasteiger partial charge in [0.1, 0.15) is 5.82 Å². The topological polar surface area (TPSA) is 24.9 Å². The highest BCUT2D eigenvalue weighted by Gasteiger charge is 2.17. The van der Waals surface area contributed by atoms with Gasteiger partial charge in [-0.15, -0.1) is 0 Å². The maximum Gasteiger partial charge on any atom is 0.127 e. The van der Waals surface area contributed by atoms with Crippen LogP contribution in [0.5, 0.6) is 0 Å². The molecule has 1 heterocycles. The lowest BCUT2D eigenvalue weighted by Crippen LogP contribution is -2.24. The molecule has 1 N–H and O–H groups in total. The number of pyridine rings is 1. The SMILES string of the molecule is CCNC(Cc1ccc(Cl)cc1F)c1ncccc1Cl. The van der Waals surface area contributed by atoms with Crippen molar-refractivity contribution in [2.45, 2.75) is 19.4 Å². The Kier molecular flexibility index (Phi) is 5.35. The summed E-state index contributed by atoms with van der Waals surface area (Å²) in [6.07, 6.45) is 2.15. The molecular formula is C15H15Cl2FN2. The van der Waals surface area contributed by atoms with Crippen molar-refractivity contribution < 1.29 is 4.39 Å². The smallest absolute Gasteiger partial charge is 0.127 e. The lowest BCUT2D eigenvalue weighted by Gasteiger charge is -2.19. The number of benzene rings is 1. The fourth-order valence-electron chi connectivity index (χ4n) is 2.07. The molecule has 1 aromatic carbocycles. The standard InChI is InChI=1S/C15H15Cl2FN2/c1-2-19-14(15-12(17)4-3-7-20-15)8-10-5-6-11(16)9-13(10)18/h3-7,9,14,19H,2,8H2,1H3. The van der Waals surface area contributed by atoms with E-state index in [0.717, 1.165) is 12.2 Å². The van der Waals surface area contributed by atoms with Gasteiger partial charge >= 0.3 is 0 Å². The van der Waals surface area contributed by atoms with Crippen molar-refractivity contribution >= 4 is 23.2 Å². The van der Waals surface area contributed by atoms with Crippen molar-refractivity contribution in [3.05, 3.63) is 63.6 Å². The molecule has 0 amide bonds. The van der Waals surface area contributed by atoms with E-state index in [2.05, 4.69) is 10.3 Å². The first kappa shape index (κ1) is 15.2. The van der Waals surface area contributed by atoms with Crippen molar-refractivity contribution in [1.29, 1.82) is 0 Å². The van der Waals surface area contributed by atoms with Crippen molar-refractivity contribution in [2.24, 2.45) is 0 Å². The van der Waals surface area contributed by atoms with Gasteiger partial charge in [-0.05, 0) is 42.8 Å². The molecule has 0 bridgehead atoms. The predicted molar refractivity (Wildman–Crippen MR) is 80.8 cm³/mol. The highest BCUT2D eigenvalue weighted by molar-refractivity contribution is 6.31. The molecule has 5 heteroatoms. The Morgan fingerprint density at radius 1 is 1.30 bits per heavy atom. The van der Waals surface area contributed by atoms with E-state index < -0.39 is 0 Å².